The second-order valence-electron chi connectivity index (χ2n) is 3.70. The molecule has 0 fully saturated rings. The Labute approximate surface area is 87.1 Å². The number of carbonyl (C=O) groups is 1. The van der Waals surface area contributed by atoms with Crippen molar-refractivity contribution < 1.29 is 19.7 Å². The van der Waals surface area contributed by atoms with E-state index in [1.54, 1.807) is 24.3 Å². The summed E-state index contributed by atoms with van der Waals surface area (Å²) in [6.07, 6.45) is 0.0314. The van der Waals surface area contributed by atoms with Crippen LogP contribution in [0.15, 0.2) is 24.3 Å². The second kappa shape index (κ2) is 3.55. The van der Waals surface area contributed by atoms with Crippen LogP contribution < -0.4 is 4.74 Å². The first kappa shape index (κ1) is 9.98. The number of ether oxygens (including phenoxy) is 1. The first-order chi connectivity index (χ1) is 7.12. The predicted octanol–water partition coefficient (Wildman–Crippen LogP) is 1.13. The van der Waals surface area contributed by atoms with E-state index in [-0.39, 0.29) is 6.42 Å². The van der Waals surface area contributed by atoms with Gasteiger partial charge in [0.05, 0.1) is 13.0 Å². The molecule has 1 aromatic rings. The molecule has 0 radical (unpaired) electrons. The quantitative estimate of drug-likeness (QED) is 0.764. The van der Waals surface area contributed by atoms with Gasteiger partial charge >= 0.3 is 5.97 Å². The maximum atomic E-state index is 10.7. The number of carboxylic acid groups (broad SMARTS) is 1. The fourth-order valence-corrected chi connectivity index (χ4v) is 1.88. The molecule has 1 aromatic carbocycles. The molecule has 1 aliphatic rings. The van der Waals surface area contributed by atoms with Crippen molar-refractivity contribution in [2.75, 3.05) is 6.61 Å². The van der Waals surface area contributed by atoms with Crippen molar-refractivity contribution in [3.63, 3.8) is 0 Å². The standard InChI is InChI=1S/C11H12O4/c12-10(13)7-11(14)5-6-15-9-4-2-1-3-8(9)11/h1-4,14H,5-7H2,(H,12,13)/t11-/m0/s1. The van der Waals surface area contributed by atoms with Crippen LogP contribution in [0.25, 0.3) is 0 Å². The molecule has 0 saturated heterocycles. The Balaban J connectivity index is 2.40. The van der Waals surface area contributed by atoms with E-state index in [9.17, 15) is 9.90 Å². The number of aliphatic carboxylic acids is 1. The minimum absolute atomic E-state index is 0.284. The van der Waals surface area contributed by atoms with Crippen LogP contribution in [0.3, 0.4) is 0 Å². The molecule has 2 N–H and O–H groups in total. The Morgan fingerprint density at radius 3 is 2.93 bits per heavy atom. The fourth-order valence-electron chi connectivity index (χ4n) is 1.88. The van der Waals surface area contributed by atoms with E-state index in [2.05, 4.69) is 0 Å². The van der Waals surface area contributed by atoms with Crippen LogP contribution in [0.4, 0.5) is 0 Å². The molecule has 0 amide bonds. The summed E-state index contributed by atoms with van der Waals surface area (Å²) in [6, 6.07) is 7.00. The molecule has 0 unspecified atom stereocenters. The Morgan fingerprint density at radius 1 is 1.47 bits per heavy atom. The summed E-state index contributed by atoms with van der Waals surface area (Å²) in [6.45, 7) is 0.348. The third-order valence-corrected chi connectivity index (χ3v) is 2.61. The molecule has 0 aromatic heterocycles. The van der Waals surface area contributed by atoms with Crippen molar-refractivity contribution in [3.8, 4) is 5.75 Å². The largest absolute Gasteiger partial charge is 0.493 e. The number of para-hydroxylation sites is 1. The summed E-state index contributed by atoms with van der Waals surface area (Å²) in [5.74, 6) is -0.429. The van der Waals surface area contributed by atoms with Gasteiger partial charge in [0.2, 0.25) is 0 Å². The Kier molecular flexibility index (Phi) is 2.36. The minimum atomic E-state index is -1.29. The third kappa shape index (κ3) is 1.80. The van der Waals surface area contributed by atoms with Crippen LogP contribution in [0.2, 0.25) is 0 Å². The van der Waals surface area contributed by atoms with E-state index in [1.165, 1.54) is 0 Å². The molecule has 0 bridgehead atoms. The van der Waals surface area contributed by atoms with Gasteiger partial charge in [-0.15, -0.1) is 0 Å². The average molecular weight is 208 g/mol. The minimum Gasteiger partial charge on any atom is -0.493 e. The van der Waals surface area contributed by atoms with Crippen LogP contribution in [0, 0.1) is 0 Å². The molecule has 15 heavy (non-hydrogen) atoms. The highest BCUT2D eigenvalue weighted by Gasteiger charge is 2.37. The van der Waals surface area contributed by atoms with Crippen molar-refractivity contribution >= 4 is 5.97 Å². The Bertz CT molecular complexity index is 388. The molecule has 4 nitrogen and oxygen atoms in total. The number of hydrogen-bond acceptors (Lipinski definition) is 3. The monoisotopic (exact) mass is 208 g/mol. The van der Waals surface area contributed by atoms with E-state index in [1.807, 2.05) is 0 Å². The van der Waals surface area contributed by atoms with E-state index < -0.39 is 11.6 Å². The summed E-state index contributed by atoms with van der Waals surface area (Å²) >= 11 is 0. The third-order valence-electron chi connectivity index (χ3n) is 2.61. The van der Waals surface area contributed by atoms with Gasteiger partial charge in [0, 0.05) is 12.0 Å². The summed E-state index contributed by atoms with van der Waals surface area (Å²) < 4.78 is 5.35. The first-order valence-electron chi connectivity index (χ1n) is 4.78. The molecule has 1 atom stereocenters. The summed E-state index contributed by atoms with van der Waals surface area (Å²) in [4.78, 5) is 10.7. The van der Waals surface area contributed by atoms with Crippen molar-refractivity contribution in [2.45, 2.75) is 18.4 Å². The van der Waals surface area contributed by atoms with E-state index in [0.717, 1.165) is 0 Å². The molecule has 4 heteroatoms. The molecule has 1 heterocycles. The van der Waals surface area contributed by atoms with Gasteiger partial charge in [-0.25, -0.2) is 0 Å². The van der Waals surface area contributed by atoms with E-state index in [4.69, 9.17) is 9.84 Å². The zero-order valence-electron chi connectivity index (χ0n) is 8.14. The molecule has 1 aliphatic heterocycles. The van der Waals surface area contributed by atoms with Crippen molar-refractivity contribution in [3.05, 3.63) is 29.8 Å². The smallest absolute Gasteiger partial charge is 0.306 e. The molecule has 0 aliphatic carbocycles. The van der Waals surface area contributed by atoms with Gasteiger partial charge in [0.1, 0.15) is 11.4 Å². The topological polar surface area (TPSA) is 66.8 Å². The number of rotatable bonds is 2. The van der Waals surface area contributed by atoms with Gasteiger partial charge in [0.15, 0.2) is 0 Å². The molecule has 0 saturated carbocycles. The van der Waals surface area contributed by atoms with Gasteiger partial charge < -0.3 is 14.9 Å². The van der Waals surface area contributed by atoms with Crippen molar-refractivity contribution in [1.82, 2.24) is 0 Å². The number of carboxylic acids is 1. The molecule has 0 spiro atoms. The number of aliphatic hydroxyl groups is 1. The molecular weight excluding hydrogens is 196 g/mol. The Hall–Kier alpha value is -1.55. The van der Waals surface area contributed by atoms with Crippen LogP contribution in [0.1, 0.15) is 18.4 Å². The van der Waals surface area contributed by atoms with Gasteiger partial charge in [-0.3, -0.25) is 4.79 Å². The van der Waals surface area contributed by atoms with Crippen LogP contribution in [0.5, 0.6) is 5.75 Å². The molecule has 2 rings (SSSR count). The predicted molar refractivity (Wildman–Crippen MR) is 52.7 cm³/mol. The zero-order valence-corrected chi connectivity index (χ0v) is 8.14. The van der Waals surface area contributed by atoms with E-state index >= 15 is 0 Å². The van der Waals surface area contributed by atoms with Crippen LogP contribution in [-0.2, 0) is 10.4 Å². The van der Waals surface area contributed by atoms with Crippen LogP contribution >= 0.6 is 0 Å². The summed E-state index contributed by atoms with van der Waals surface area (Å²) in [5, 5.41) is 19.0. The van der Waals surface area contributed by atoms with Gasteiger partial charge in [-0.2, -0.15) is 0 Å². The maximum absolute atomic E-state index is 10.7. The molecular formula is C11H12O4. The maximum Gasteiger partial charge on any atom is 0.306 e. The molecule has 80 valence electrons. The lowest BCUT2D eigenvalue weighted by Gasteiger charge is -2.33. The van der Waals surface area contributed by atoms with Crippen molar-refractivity contribution in [1.29, 1.82) is 0 Å². The van der Waals surface area contributed by atoms with Gasteiger partial charge in [-0.05, 0) is 6.07 Å². The summed E-state index contributed by atoms with van der Waals surface area (Å²) in [7, 11) is 0. The first-order valence-corrected chi connectivity index (χ1v) is 4.78. The highest BCUT2D eigenvalue weighted by atomic mass is 16.5. The normalized spacial score (nSPS) is 24.1. The Morgan fingerprint density at radius 2 is 2.20 bits per heavy atom. The van der Waals surface area contributed by atoms with Gasteiger partial charge in [0.25, 0.3) is 0 Å². The average Bonchev–Trinajstić information content (AvgIpc) is 2.17. The lowest BCUT2D eigenvalue weighted by Crippen LogP contribution is -2.34. The van der Waals surface area contributed by atoms with Gasteiger partial charge in [-0.1, -0.05) is 18.2 Å². The highest BCUT2D eigenvalue weighted by molar-refractivity contribution is 5.69. The lowest BCUT2D eigenvalue weighted by molar-refractivity contribution is -0.144. The van der Waals surface area contributed by atoms with Crippen molar-refractivity contribution in [2.24, 2.45) is 0 Å². The summed E-state index contributed by atoms with van der Waals surface area (Å²) in [5.41, 5.74) is -0.723. The van der Waals surface area contributed by atoms with E-state index in [0.29, 0.717) is 24.3 Å². The van der Waals surface area contributed by atoms with Crippen LogP contribution in [-0.4, -0.2) is 22.8 Å². The second-order valence-corrected chi connectivity index (χ2v) is 3.70. The number of fused-ring (bicyclic) bond motifs is 1. The fraction of sp³-hybridized carbons (Fsp3) is 0.364. The SMILES string of the molecule is O=C(O)C[C@@]1(O)CCOc2ccccc21. The number of benzene rings is 1. The lowest BCUT2D eigenvalue weighted by atomic mass is 9.85. The number of hydrogen-bond donors (Lipinski definition) is 2. The zero-order chi connectivity index (χ0) is 10.9. The highest BCUT2D eigenvalue weighted by Crippen LogP contribution is 2.38.